The lowest BCUT2D eigenvalue weighted by Crippen LogP contribution is -2.29. The molecule has 0 aliphatic carbocycles. The fourth-order valence-corrected chi connectivity index (χ4v) is 7.14. The molecule has 0 aromatic heterocycles. The number of rotatable bonds is 42. The fraction of sp³-hybridized carbons (Fsp3) is 0.952. The number of carbonyl (C=O) groups excluding carboxylic acids is 2. The largest absolute Gasteiger partial charge is 0.472 e. The molecule has 0 heterocycles. The smallest absolute Gasteiger partial charge is 0.462 e. The van der Waals surface area contributed by atoms with Crippen LogP contribution in [0.1, 0.15) is 219 Å². The lowest BCUT2D eigenvalue weighted by molar-refractivity contribution is -0.161. The number of hydrogen-bond donors (Lipinski definition) is 3. The van der Waals surface area contributed by atoms with E-state index in [9.17, 15) is 24.2 Å². The summed E-state index contributed by atoms with van der Waals surface area (Å²) >= 11 is 0. The van der Waals surface area contributed by atoms with E-state index < -0.39 is 51.8 Å². The van der Waals surface area contributed by atoms with Crippen molar-refractivity contribution in [3.05, 3.63) is 0 Å². The zero-order valence-corrected chi connectivity index (χ0v) is 35.2. The Balaban J connectivity index is 4.24. The van der Waals surface area contributed by atoms with Crippen LogP contribution in [0.4, 0.5) is 0 Å². The molecule has 0 saturated carbocycles. The summed E-state index contributed by atoms with van der Waals surface area (Å²) in [5.41, 5.74) is 0. The second kappa shape index (κ2) is 39.2. The molecule has 53 heavy (non-hydrogen) atoms. The van der Waals surface area contributed by atoms with Gasteiger partial charge in [-0.1, -0.05) is 194 Å². The molecular weight excluding hydrogens is 695 g/mol. The molecule has 0 aromatic carbocycles. The lowest BCUT2D eigenvalue weighted by Gasteiger charge is -2.20. The van der Waals surface area contributed by atoms with Gasteiger partial charge in [-0.3, -0.25) is 18.6 Å². The summed E-state index contributed by atoms with van der Waals surface area (Å²) in [5.74, 6) is -0.909. The Morgan fingerprint density at radius 1 is 0.491 bits per heavy atom. The first-order chi connectivity index (χ1) is 25.7. The van der Waals surface area contributed by atoms with Gasteiger partial charge in [-0.15, -0.1) is 0 Å². The van der Waals surface area contributed by atoms with Crippen molar-refractivity contribution >= 4 is 19.8 Å². The molecule has 0 aliphatic heterocycles. The van der Waals surface area contributed by atoms with E-state index >= 15 is 0 Å². The Bertz CT molecular complexity index is 858. The van der Waals surface area contributed by atoms with Crippen molar-refractivity contribution in [1.29, 1.82) is 0 Å². The first-order valence-corrected chi connectivity index (χ1v) is 23.5. The number of hydrogen-bond acceptors (Lipinski definition) is 9. The van der Waals surface area contributed by atoms with E-state index in [0.29, 0.717) is 12.8 Å². The van der Waals surface area contributed by atoms with E-state index in [4.69, 9.17) is 23.6 Å². The molecule has 0 aromatic rings. The Morgan fingerprint density at radius 2 is 0.811 bits per heavy atom. The van der Waals surface area contributed by atoms with Crippen molar-refractivity contribution in [2.45, 2.75) is 232 Å². The summed E-state index contributed by atoms with van der Waals surface area (Å²) in [4.78, 5) is 35.0. The standard InChI is InChI=1S/C42H83O10P/c1-3-5-7-9-11-13-15-17-19-20-22-24-26-28-30-32-34-42(46)52-40(38-51-53(47,48)50-36-39(44)35-43)37-49-41(45)33-31-29-27-25-23-21-18-16-14-12-10-8-6-4-2/h39-40,43-44H,3-38H2,1-2H3,(H,47,48)/t39-,40+/m0/s1. The van der Waals surface area contributed by atoms with Gasteiger partial charge in [0, 0.05) is 12.8 Å². The van der Waals surface area contributed by atoms with Gasteiger partial charge in [0.1, 0.15) is 12.7 Å². The highest BCUT2D eigenvalue weighted by Gasteiger charge is 2.27. The molecule has 3 N–H and O–H groups in total. The van der Waals surface area contributed by atoms with E-state index in [-0.39, 0.29) is 19.4 Å². The summed E-state index contributed by atoms with van der Waals surface area (Å²) in [6, 6.07) is 0. The molecule has 1 unspecified atom stereocenters. The average molecular weight is 779 g/mol. The van der Waals surface area contributed by atoms with Crippen LogP contribution in [-0.2, 0) is 32.7 Å². The van der Waals surface area contributed by atoms with Crippen molar-refractivity contribution in [1.82, 2.24) is 0 Å². The first-order valence-electron chi connectivity index (χ1n) is 22.0. The molecule has 0 amide bonds. The quantitative estimate of drug-likeness (QED) is 0.0310. The van der Waals surface area contributed by atoms with Gasteiger partial charge in [0.05, 0.1) is 19.8 Å². The van der Waals surface area contributed by atoms with Gasteiger partial charge in [-0.2, -0.15) is 0 Å². The van der Waals surface area contributed by atoms with Crippen molar-refractivity contribution in [2.24, 2.45) is 0 Å². The second-order valence-corrected chi connectivity index (χ2v) is 16.5. The van der Waals surface area contributed by atoms with Crippen LogP contribution in [0.2, 0.25) is 0 Å². The van der Waals surface area contributed by atoms with Gasteiger partial charge in [-0.25, -0.2) is 4.57 Å². The number of phosphoric acid groups is 1. The predicted molar refractivity (Wildman–Crippen MR) is 215 cm³/mol. The van der Waals surface area contributed by atoms with E-state index in [0.717, 1.165) is 32.1 Å². The molecular formula is C42H83O10P. The molecule has 3 atom stereocenters. The molecule has 0 spiro atoms. The maximum absolute atomic E-state index is 12.6. The van der Waals surface area contributed by atoms with Gasteiger partial charge in [0.15, 0.2) is 6.10 Å². The summed E-state index contributed by atoms with van der Waals surface area (Å²) < 4.78 is 32.7. The van der Waals surface area contributed by atoms with Crippen LogP contribution in [0, 0.1) is 0 Å². The third-order valence-corrected chi connectivity index (χ3v) is 10.7. The van der Waals surface area contributed by atoms with Crippen LogP contribution in [0.25, 0.3) is 0 Å². The lowest BCUT2D eigenvalue weighted by atomic mass is 10.0. The monoisotopic (exact) mass is 779 g/mol. The zero-order chi connectivity index (χ0) is 39.1. The molecule has 10 nitrogen and oxygen atoms in total. The molecule has 0 saturated heterocycles. The van der Waals surface area contributed by atoms with Crippen LogP contribution >= 0.6 is 7.82 Å². The summed E-state index contributed by atoms with van der Waals surface area (Å²) in [6.45, 7) is 2.42. The van der Waals surface area contributed by atoms with Crippen molar-refractivity contribution in [2.75, 3.05) is 26.4 Å². The third-order valence-electron chi connectivity index (χ3n) is 9.76. The number of aliphatic hydroxyl groups excluding tert-OH is 2. The van der Waals surface area contributed by atoms with Gasteiger partial charge in [0.25, 0.3) is 0 Å². The van der Waals surface area contributed by atoms with Crippen LogP contribution in [0.15, 0.2) is 0 Å². The highest BCUT2D eigenvalue weighted by Crippen LogP contribution is 2.43. The maximum Gasteiger partial charge on any atom is 0.472 e. The normalized spacial score (nSPS) is 13.8. The van der Waals surface area contributed by atoms with Gasteiger partial charge >= 0.3 is 19.8 Å². The highest BCUT2D eigenvalue weighted by atomic mass is 31.2. The molecule has 0 bridgehead atoms. The maximum atomic E-state index is 12.6. The van der Waals surface area contributed by atoms with E-state index in [2.05, 4.69) is 13.8 Å². The number of unbranched alkanes of at least 4 members (excludes halogenated alkanes) is 28. The van der Waals surface area contributed by atoms with Gasteiger partial charge < -0.3 is 24.6 Å². The second-order valence-electron chi connectivity index (χ2n) is 15.1. The topological polar surface area (TPSA) is 149 Å². The number of ether oxygens (including phenoxy) is 2. The molecule has 0 radical (unpaired) electrons. The highest BCUT2D eigenvalue weighted by molar-refractivity contribution is 7.47. The zero-order valence-electron chi connectivity index (χ0n) is 34.3. The van der Waals surface area contributed by atoms with Crippen LogP contribution in [0.5, 0.6) is 0 Å². The van der Waals surface area contributed by atoms with Gasteiger partial charge in [-0.05, 0) is 12.8 Å². The van der Waals surface area contributed by atoms with Crippen LogP contribution in [-0.4, -0.2) is 65.7 Å². The number of esters is 2. The van der Waals surface area contributed by atoms with Crippen molar-refractivity contribution < 1.29 is 47.8 Å². The minimum Gasteiger partial charge on any atom is -0.462 e. The Hall–Kier alpha value is -1.03. The Labute approximate surface area is 324 Å². The molecule has 0 rings (SSSR count). The third kappa shape index (κ3) is 39.0. The van der Waals surface area contributed by atoms with Gasteiger partial charge in [0.2, 0.25) is 0 Å². The number of aliphatic hydroxyl groups is 2. The number of carbonyl (C=O) groups is 2. The van der Waals surface area contributed by atoms with Crippen LogP contribution < -0.4 is 0 Å². The number of phosphoric ester groups is 1. The van der Waals surface area contributed by atoms with E-state index in [1.807, 2.05) is 0 Å². The minimum absolute atomic E-state index is 0.192. The fourth-order valence-electron chi connectivity index (χ4n) is 6.35. The summed E-state index contributed by atoms with van der Waals surface area (Å²) in [7, 11) is -4.61. The minimum atomic E-state index is -4.61. The van der Waals surface area contributed by atoms with Crippen molar-refractivity contribution in [3.63, 3.8) is 0 Å². The first kappa shape index (κ1) is 52.0. The summed E-state index contributed by atoms with van der Waals surface area (Å²) in [6.07, 6.45) is 34.9. The van der Waals surface area contributed by atoms with E-state index in [1.165, 1.54) is 148 Å². The van der Waals surface area contributed by atoms with E-state index in [1.54, 1.807) is 0 Å². The van der Waals surface area contributed by atoms with Crippen LogP contribution in [0.3, 0.4) is 0 Å². The molecule has 0 aliphatic rings. The Kier molecular flexibility index (Phi) is 38.5. The van der Waals surface area contributed by atoms with Crippen molar-refractivity contribution in [3.8, 4) is 0 Å². The molecule has 11 heteroatoms. The average Bonchev–Trinajstić information content (AvgIpc) is 3.14. The predicted octanol–water partition coefficient (Wildman–Crippen LogP) is 11.5. The summed E-state index contributed by atoms with van der Waals surface area (Å²) in [5, 5.41) is 18.3. The molecule has 0 fully saturated rings. The SMILES string of the molecule is CCCCCCCCCCCCCCCCCCC(=O)O[C@H](COC(=O)CCCCCCCCCCCCCCCC)COP(=O)(O)OC[C@@H](O)CO. The molecule has 316 valence electrons. The Morgan fingerprint density at radius 3 is 1.17 bits per heavy atom.